The van der Waals surface area contributed by atoms with Gasteiger partial charge in [-0.2, -0.15) is 0 Å². The van der Waals surface area contributed by atoms with Crippen LogP contribution in [0.1, 0.15) is 6.42 Å². The highest BCUT2D eigenvalue weighted by Gasteiger charge is 2.35. The van der Waals surface area contributed by atoms with E-state index in [4.69, 9.17) is 5.73 Å². The fourth-order valence-corrected chi connectivity index (χ4v) is 0.455. The maximum atomic E-state index is 11.7. The lowest BCUT2D eigenvalue weighted by molar-refractivity contribution is 0.448. The van der Waals surface area contributed by atoms with Crippen LogP contribution in [0.3, 0.4) is 0 Å². The third-order valence-corrected chi connectivity index (χ3v) is 1.14. The maximum absolute atomic E-state index is 11.7. The molecule has 1 rings (SSSR count). The van der Waals surface area contributed by atoms with Gasteiger partial charge in [-0.1, -0.05) is 0 Å². The van der Waals surface area contributed by atoms with E-state index in [0.29, 0.717) is 13.0 Å². The van der Waals surface area contributed by atoms with Gasteiger partial charge in [0.05, 0.1) is 0 Å². The van der Waals surface area contributed by atoms with Crippen molar-refractivity contribution in [2.75, 3.05) is 6.54 Å². The van der Waals surface area contributed by atoms with Crippen LogP contribution in [0.4, 0.5) is 4.39 Å². The quantitative estimate of drug-likeness (QED) is 0.549. The van der Waals surface area contributed by atoms with E-state index in [9.17, 15) is 4.39 Å². The third-order valence-electron chi connectivity index (χ3n) is 1.14. The number of alkyl halides is 1. The van der Waals surface area contributed by atoms with Crippen LogP contribution >= 0.6 is 12.4 Å². The predicted molar refractivity (Wildman–Crippen MR) is 29.3 cm³/mol. The Hall–Kier alpha value is 0.180. The minimum Gasteiger partial charge on any atom is -0.330 e. The highest BCUT2D eigenvalue weighted by Crippen LogP contribution is 2.31. The number of nitrogens with two attached hydrogens (primary N) is 1. The lowest BCUT2D eigenvalue weighted by Gasteiger charge is -1.77. The van der Waals surface area contributed by atoms with E-state index in [1.807, 2.05) is 0 Å². The van der Waals surface area contributed by atoms with E-state index < -0.39 is 6.17 Å². The molecule has 0 aliphatic heterocycles. The molecule has 0 heterocycles. The van der Waals surface area contributed by atoms with E-state index in [1.54, 1.807) is 0 Å². The number of hydrogen-bond donors (Lipinski definition) is 1. The fraction of sp³-hybridized carbons (Fsp3) is 1.00. The van der Waals surface area contributed by atoms with E-state index in [-0.39, 0.29) is 18.3 Å². The van der Waals surface area contributed by atoms with Crippen LogP contribution in [-0.4, -0.2) is 12.7 Å². The lowest BCUT2D eigenvalue weighted by atomic mass is 10.4. The van der Waals surface area contributed by atoms with Gasteiger partial charge in [-0.15, -0.1) is 12.4 Å². The SMILES string of the molecule is Cl.NC[C@@H]1C[C@@H]1F. The van der Waals surface area contributed by atoms with Gasteiger partial charge in [0, 0.05) is 5.92 Å². The van der Waals surface area contributed by atoms with E-state index >= 15 is 0 Å². The topological polar surface area (TPSA) is 26.0 Å². The molecule has 0 radical (unpaired) electrons. The molecule has 1 fully saturated rings. The number of hydrogen-bond acceptors (Lipinski definition) is 1. The third kappa shape index (κ3) is 1.61. The van der Waals surface area contributed by atoms with Gasteiger partial charge in [0.15, 0.2) is 0 Å². The minimum atomic E-state index is -0.560. The number of halogens is 2. The van der Waals surface area contributed by atoms with Gasteiger partial charge in [-0.25, -0.2) is 4.39 Å². The van der Waals surface area contributed by atoms with Gasteiger partial charge >= 0.3 is 0 Å². The summed E-state index contributed by atoms with van der Waals surface area (Å²) in [7, 11) is 0. The lowest BCUT2D eigenvalue weighted by Crippen LogP contribution is -2.01. The zero-order valence-electron chi connectivity index (χ0n) is 3.93. The second-order valence-corrected chi connectivity index (χ2v) is 1.75. The predicted octanol–water partition coefficient (Wildman–Crippen LogP) is 0.725. The largest absolute Gasteiger partial charge is 0.330 e. The van der Waals surface area contributed by atoms with Crippen LogP contribution in [-0.2, 0) is 0 Å². The Balaban J connectivity index is 0.000000360. The summed E-state index contributed by atoms with van der Waals surface area (Å²) in [6.07, 6.45) is 0.145. The molecule has 0 unspecified atom stereocenters. The van der Waals surface area contributed by atoms with Gasteiger partial charge < -0.3 is 5.73 Å². The van der Waals surface area contributed by atoms with Crippen molar-refractivity contribution in [1.82, 2.24) is 0 Å². The Bertz CT molecular complexity index is 57.7. The Morgan fingerprint density at radius 2 is 2.14 bits per heavy atom. The molecule has 1 nitrogen and oxygen atoms in total. The van der Waals surface area contributed by atoms with Crippen LogP contribution in [0.25, 0.3) is 0 Å². The summed E-state index contributed by atoms with van der Waals surface area (Å²) in [4.78, 5) is 0. The smallest absolute Gasteiger partial charge is 0.105 e. The van der Waals surface area contributed by atoms with Crippen molar-refractivity contribution >= 4 is 12.4 Å². The van der Waals surface area contributed by atoms with Gasteiger partial charge in [-0.3, -0.25) is 0 Å². The molecule has 2 N–H and O–H groups in total. The van der Waals surface area contributed by atoms with Crippen molar-refractivity contribution in [1.29, 1.82) is 0 Å². The Labute approximate surface area is 48.5 Å². The van der Waals surface area contributed by atoms with Gasteiger partial charge in [-0.05, 0) is 13.0 Å². The monoisotopic (exact) mass is 125 g/mol. The standard InChI is InChI=1S/C4H8FN.ClH/c5-4-1-3(4)2-6;/h3-4H,1-2,6H2;1H/t3-,4-;/m0./s1. The minimum absolute atomic E-state index is 0. The summed E-state index contributed by atoms with van der Waals surface area (Å²) in [5, 5.41) is 0. The first-order valence-corrected chi connectivity index (χ1v) is 2.18. The van der Waals surface area contributed by atoms with Crippen LogP contribution < -0.4 is 5.73 Å². The van der Waals surface area contributed by atoms with Crippen molar-refractivity contribution in [3.8, 4) is 0 Å². The normalized spacial score (nSPS) is 36.9. The van der Waals surface area contributed by atoms with Gasteiger partial charge in [0.25, 0.3) is 0 Å². The van der Waals surface area contributed by atoms with Crippen LogP contribution in [0.2, 0.25) is 0 Å². The van der Waals surface area contributed by atoms with Crippen molar-refractivity contribution < 1.29 is 4.39 Å². The molecule has 3 heteroatoms. The van der Waals surface area contributed by atoms with Gasteiger partial charge in [0.1, 0.15) is 6.17 Å². The molecule has 0 aromatic rings. The summed E-state index contributed by atoms with van der Waals surface area (Å²) in [6, 6.07) is 0. The fourth-order valence-electron chi connectivity index (χ4n) is 0.455. The molecule has 44 valence electrons. The molecule has 0 amide bonds. The summed E-state index contributed by atoms with van der Waals surface area (Å²) in [5.74, 6) is 0.213. The van der Waals surface area contributed by atoms with Crippen molar-refractivity contribution in [2.24, 2.45) is 11.7 Å². The molecule has 0 spiro atoms. The molecule has 1 aliphatic rings. The Morgan fingerprint density at radius 3 is 2.14 bits per heavy atom. The second kappa shape index (κ2) is 2.48. The Kier molecular flexibility index (Phi) is 2.54. The van der Waals surface area contributed by atoms with E-state index in [1.165, 1.54) is 0 Å². The molecule has 0 aromatic heterocycles. The first-order chi connectivity index (χ1) is 2.84. The van der Waals surface area contributed by atoms with Crippen molar-refractivity contribution in [3.05, 3.63) is 0 Å². The molecule has 0 bridgehead atoms. The zero-order chi connectivity index (χ0) is 4.57. The van der Waals surface area contributed by atoms with E-state index in [2.05, 4.69) is 0 Å². The molecule has 1 saturated carbocycles. The molecule has 7 heavy (non-hydrogen) atoms. The average molecular weight is 126 g/mol. The molecular weight excluding hydrogens is 117 g/mol. The molecule has 2 atom stereocenters. The van der Waals surface area contributed by atoms with Crippen molar-refractivity contribution in [2.45, 2.75) is 12.6 Å². The first kappa shape index (κ1) is 7.18. The highest BCUT2D eigenvalue weighted by atomic mass is 35.5. The Morgan fingerprint density at radius 1 is 1.71 bits per heavy atom. The zero-order valence-corrected chi connectivity index (χ0v) is 4.75. The summed E-state index contributed by atoms with van der Waals surface area (Å²) in [5.41, 5.74) is 5.08. The van der Waals surface area contributed by atoms with E-state index in [0.717, 1.165) is 0 Å². The van der Waals surface area contributed by atoms with Crippen LogP contribution in [0.5, 0.6) is 0 Å². The maximum Gasteiger partial charge on any atom is 0.105 e. The van der Waals surface area contributed by atoms with Crippen LogP contribution in [0, 0.1) is 5.92 Å². The molecule has 0 aromatic carbocycles. The summed E-state index contributed by atoms with van der Waals surface area (Å²) < 4.78 is 11.7. The molecule has 0 saturated heterocycles. The molecular formula is C4H9ClFN. The van der Waals surface area contributed by atoms with Gasteiger partial charge in [0.2, 0.25) is 0 Å². The summed E-state index contributed by atoms with van der Waals surface area (Å²) >= 11 is 0. The van der Waals surface area contributed by atoms with Crippen LogP contribution in [0.15, 0.2) is 0 Å². The number of rotatable bonds is 1. The first-order valence-electron chi connectivity index (χ1n) is 2.18. The molecule has 1 aliphatic carbocycles. The second-order valence-electron chi connectivity index (χ2n) is 1.75. The average Bonchev–Trinajstić information content (AvgIpc) is 2.19. The van der Waals surface area contributed by atoms with Crippen molar-refractivity contribution in [3.63, 3.8) is 0 Å². The highest BCUT2D eigenvalue weighted by molar-refractivity contribution is 5.85. The summed E-state index contributed by atoms with van der Waals surface area (Å²) in [6.45, 7) is 0.529.